The number of carbonyl (C=O) groups is 2. The average molecular weight is 360 g/mol. The van der Waals surface area contributed by atoms with E-state index in [1.165, 1.54) is 17.0 Å². The van der Waals surface area contributed by atoms with Crippen molar-refractivity contribution in [3.8, 4) is 0 Å². The largest absolute Gasteiger partial charge is 0.481 e. The highest BCUT2D eigenvalue weighted by Gasteiger charge is 2.37. The molecule has 138 valence electrons. The highest BCUT2D eigenvalue weighted by Crippen LogP contribution is 2.36. The monoisotopic (exact) mass is 360 g/mol. The molecule has 2 rings (SSSR count). The Balaban J connectivity index is 2.08. The minimum atomic E-state index is -4.49. The van der Waals surface area contributed by atoms with Gasteiger partial charge >= 0.3 is 18.2 Å². The number of hydrogen-bond acceptors (Lipinski definition) is 3. The molecule has 3 N–H and O–H groups in total. The van der Waals surface area contributed by atoms with Gasteiger partial charge in [0.05, 0.1) is 17.7 Å². The summed E-state index contributed by atoms with van der Waals surface area (Å²) in [6.07, 6.45) is -5.03. The van der Waals surface area contributed by atoms with Crippen LogP contribution in [0.5, 0.6) is 0 Å². The zero-order valence-electron chi connectivity index (χ0n) is 13.3. The van der Waals surface area contributed by atoms with Gasteiger partial charge in [-0.05, 0) is 30.5 Å². The Morgan fingerprint density at radius 1 is 1.32 bits per heavy atom. The summed E-state index contributed by atoms with van der Waals surface area (Å²) in [5, 5.41) is 20.9. The van der Waals surface area contributed by atoms with Crippen LogP contribution in [-0.4, -0.2) is 46.3 Å². The van der Waals surface area contributed by atoms with Gasteiger partial charge in [0.2, 0.25) is 0 Å². The molecule has 2 amide bonds. The lowest BCUT2D eigenvalue weighted by molar-refractivity contribution is -0.138. The fourth-order valence-electron chi connectivity index (χ4n) is 2.81. The Bertz CT molecular complexity index is 636. The third kappa shape index (κ3) is 5.09. The van der Waals surface area contributed by atoms with E-state index >= 15 is 0 Å². The molecule has 1 aromatic carbocycles. The molecule has 0 bridgehead atoms. The number of benzene rings is 1. The molecule has 9 heteroatoms. The van der Waals surface area contributed by atoms with Gasteiger partial charge in [-0.1, -0.05) is 12.1 Å². The van der Waals surface area contributed by atoms with Crippen LogP contribution in [0.1, 0.15) is 36.4 Å². The second kappa shape index (κ2) is 7.73. The number of amides is 2. The Morgan fingerprint density at radius 2 is 2.04 bits per heavy atom. The van der Waals surface area contributed by atoms with E-state index in [2.05, 4.69) is 5.32 Å². The molecule has 1 fully saturated rings. The lowest BCUT2D eigenvalue weighted by Gasteiger charge is -2.25. The fourth-order valence-corrected chi connectivity index (χ4v) is 2.81. The van der Waals surface area contributed by atoms with Crippen molar-refractivity contribution in [3.63, 3.8) is 0 Å². The number of carbonyl (C=O) groups excluding carboxylic acids is 1. The number of rotatable bonds is 5. The summed E-state index contributed by atoms with van der Waals surface area (Å²) in [5.41, 5.74) is -0.514. The molecular formula is C16H19F3N2O4. The van der Waals surface area contributed by atoms with Gasteiger partial charge in [0.1, 0.15) is 0 Å². The molecule has 0 saturated carbocycles. The summed E-state index contributed by atoms with van der Waals surface area (Å²) in [5.74, 6) is -0.979. The predicted molar refractivity (Wildman–Crippen MR) is 81.8 cm³/mol. The number of nitrogens with zero attached hydrogens (tertiary/aromatic N) is 1. The molecule has 1 aliphatic rings. The highest BCUT2D eigenvalue weighted by atomic mass is 19.4. The Morgan fingerprint density at radius 3 is 2.68 bits per heavy atom. The van der Waals surface area contributed by atoms with Crippen LogP contribution in [0.3, 0.4) is 0 Å². The molecule has 1 saturated heterocycles. The van der Waals surface area contributed by atoms with Crippen LogP contribution in [0.15, 0.2) is 24.3 Å². The number of carboxylic acids is 1. The topological polar surface area (TPSA) is 89.9 Å². The molecule has 6 nitrogen and oxygen atoms in total. The summed E-state index contributed by atoms with van der Waals surface area (Å²) in [6, 6.07) is 3.48. The number of nitrogens with one attached hydrogen (secondary N) is 1. The lowest BCUT2D eigenvalue weighted by atomic mass is 10.0. The fraction of sp³-hybridized carbons (Fsp3) is 0.500. The number of hydrogen-bond donors (Lipinski definition) is 3. The SMILES string of the molecule is O=C(O)CCCNC(=O)N1CC(O)CC1c1cccc(C(F)(F)F)c1. The van der Waals surface area contributed by atoms with Crippen molar-refractivity contribution in [2.24, 2.45) is 0 Å². The van der Waals surface area contributed by atoms with Gasteiger partial charge in [-0.15, -0.1) is 0 Å². The molecule has 2 unspecified atom stereocenters. The van der Waals surface area contributed by atoms with Crippen molar-refractivity contribution in [2.75, 3.05) is 13.1 Å². The zero-order chi connectivity index (χ0) is 18.6. The molecular weight excluding hydrogens is 341 g/mol. The van der Waals surface area contributed by atoms with E-state index < -0.39 is 35.9 Å². The summed E-state index contributed by atoms with van der Waals surface area (Å²) in [4.78, 5) is 24.0. The van der Waals surface area contributed by atoms with Gasteiger partial charge < -0.3 is 20.4 Å². The number of likely N-dealkylation sites (tertiary alicyclic amines) is 1. The maximum Gasteiger partial charge on any atom is 0.416 e. The van der Waals surface area contributed by atoms with Gasteiger partial charge in [0, 0.05) is 19.5 Å². The maximum absolute atomic E-state index is 12.9. The van der Waals surface area contributed by atoms with Crippen LogP contribution in [0.25, 0.3) is 0 Å². The number of aliphatic hydroxyl groups excluding tert-OH is 1. The van der Waals surface area contributed by atoms with Crippen molar-refractivity contribution in [2.45, 2.75) is 37.6 Å². The van der Waals surface area contributed by atoms with Crippen LogP contribution in [0.2, 0.25) is 0 Å². The highest BCUT2D eigenvalue weighted by molar-refractivity contribution is 5.75. The van der Waals surface area contributed by atoms with Gasteiger partial charge in [-0.25, -0.2) is 4.79 Å². The van der Waals surface area contributed by atoms with Crippen molar-refractivity contribution >= 4 is 12.0 Å². The van der Waals surface area contributed by atoms with Gasteiger partial charge in [-0.3, -0.25) is 4.79 Å². The number of urea groups is 1. The Hall–Kier alpha value is -2.29. The van der Waals surface area contributed by atoms with Gasteiger partial charge in [-0.2, -0.15) is 13.2 Å². The van der Waals surface area contributed by atoms with Crippen LogP contribution >= 0.6 is 0 Å². The number of aliphatic hydroxyl groups is 1. The quantitative estimate of drug-likeness (QED) is 0.704. The summed E-state index contributed by atoms with van der Waals surface area (Å²) in [6.45, 7) is 0.138. The molecule has 0 aliphatic carbocycles. The van der Waals surface area contributed by atoms with Crippen LogP contribution in [0.4, 0.5) is 18.0 Å². The molecule has 1 aromatic rings. The number of halogens is 3. The van der Waals surface area contributed by atoms with E-state index in [1.807, 2.05) is 0 Å². The summed E-state index contributed by atoms with van der Waals surface area (Å²) >= 11 is 0. The first-order chi connectivity index (χ1) is 11.7. The zero-order valence-corrected chi connectivity index (χ0v) is 13.3. The summed E-state index contributed by atoms with van der Waals surface area (Å²) in [7, 11) is 0. The summed E-state index contributed by atoms with van der Waals surface area (Å²) < 4.78 is 38.6. The van der Waals surface area contributed by atoms with E-state index in [4.69, 9.17) is 5.11 Å². The van der Waals surface area contributed by atoms with E-state index in [0.29, 0.717) is 5.56 Å². The first-order valence-corrected chi connectivity index (χ1v) is 7.80. The van der Waals surface area contributed by atoms with Crippen molar-refractivity contribution in [3.05, 3.63) is 35.4 Å². The van der Waals surface area contributed by atoms with Crippen molar-refractivity contribution < 1.29 is 33.0 Å². The van der Waals surface area contributed by atoms with E-state index in [1.54, 1.807) is 0 Å². The van der Waals surface area contributed by atoms with E-state index in [-0.39, 0.29) is 32.4 Å². The first-order valence-electron chi connectivity index (χ1n) is 7.80. The van der Waals surface area contributed by atoms with Gasteiger partial charge in [0.15, 0.2) is 0 Å². The Kier molecular flexibility index (Phi) is 5.89. The number of carboxylic acid groups (broad SMARTS) is 1. The Labute approximate surface area is 142 Å². The van der Waals surface area contributed by atoms with Crippen LogP contribution in [-0.2, 0) is 11.0 Å². The average Bonchev–Trinajstić information content (AvgIpc) is 2.92. The maximum atomic E-state index is 12.9. The minimum absolute atomic E-state index is 0.00563. The smallest absolute Gasteiger partial charge is 0.416 e. The van der Waals surface area contributed by atoms with Gasteiger partial charge in [0.25, 0.3) is 0 Å². The molecule has 25 heavy (non-hydrogen) atoms. The first kappa shape index (κ1) is 19.0. The van der Waals surface area contributed by atoms with E-state index in [9.17, 15) is 27.9 Å². The lowest BCUT2D eigenvalue weighted by Crippen LogP contribution is -2.40. The molecule has 2 atom stereocenters. The second-order valence-corrected chi connectivity index (χ2v) is 5.91. The normalized spacial score (nSPS) is 20.6. The molecule has 0 radical (unpaired) electrons. The third-order valence-corrected chi connectivity index (χ3v) is 3.98. The minimum Gasteiger partial charge on any atom is -0.481 e. The number of alkyl halides is 3. The standard InChI is InChI=1S/C16H19F3N2O4/c17-16(18,19)11-4-1-3-10(7-11)13-8-12(22)9-21(13)15(25)20-6-2-5-14(23)24/h1,3-4,7,12-13,22H,2,5-6,8-9H2,(H,20,25)(H,23,24). The van der Waals surface area contributed by atoms with Crippen LogP contribution in [0, 0.1) is 0 Å². The van der Waals surface area contributed by atoms with Crippen LogP contribution < -0.4 is 5.32 Å². The van der Waals surface area contributed by atoms with E-state index in [0.717, 1.165) is 12.1 Å². The van der Waals surface area contributed by atoms with Crippen molar-refractivity contribution in [1.82, 2.24) is 10.2 Å². The molecule has 1 aliphatic heterocycles. The number of aliphatic carboxylic acids is 1. The van der Waals surface area contributed by atoms with Crippen molar-refractivity contribution in [1.29, 1.82) is 0 Å². The number of β-amino-alcohol motifs (C(OH)–C–C–N with tert-alkyl or cyclic N) is 1. The molecule has 0 spiro atoms. The third-order valence-electron chi connectivity index (χ3n) is 3.98. The second-order valence-electron chi connectivity index (χ2n) is 5.91. The molecule has 1 heterocycles. The molecule has 0 aromatic heterocycles. The predicted octanol–water partition coefficient (Wildman–Crippen LogP) is 2.39.